The number of ketones is 1. The van der Waals surface area contributed by atoms with E-state index in [1.165, 1.54) is 0 Å². The fourth-order valence-corrected chi connectivity index (χ4v) is 2.96. The van der Waals surface area contributed by atoms with Crippen molar-refractivity contribution < 1.29 is 14.7 Å². The Morgan fingerprint density at radius 1 is 1.16 bits per heavy atom. The van der Waals surface area contributed by atoms with Gasteiger partial charge in [0.05, 0.1) is 5.92 Å². The molecule has 102 valence electrons. The lowest BCUT2D eigenvalue weighted by atomic mass is 9.77. The maximum absolute atomic E-state index is 12.5. The second-order valence-corrected chi connectivity index (χ2v) is 5.58. The summed E-state index contributed by atoms with van der Waals surface area (Å²) in [5, 5.41) is 9.09. The lowest BCUT2D eigenvalue weighted by molar-refractivity contribution is -0.143. The molecule has 0 amide bonds. The van der Waals surface area contributed by atoms with Crippen LogP contribution in [-0.4, -0.2) is 16.9 Å². The Morgan fingerprint density at radius 2 is 1.84 bits per heavy atom. The van der Waals surface area contributed by atoms with Gasteiger partial charge in [0.1, 0.15) is 0 Å². The standard InChI is InChI=1S/C16H20O3/c1-10-6-7-14(11(2)8-10)15(17)12-4-3-5-13(9-12)16(18)19/h6-8,12-13H,3-5,9H2,1-2H3,(H,18,19)/t12-,13+/m1/s1. The summed E-state index contributed by atoms with van der Waals surface area (Å²) in [5.74, 6) is -1.13. The topological polar surface area (TPSA) is 54.4 Å². The predicted molar refractivity (Wildman–Crippen MR) is 73.3 cm³/mol. The summed E-state index contributed by atoms with van der Waals surface area (Å²) in [6, 6.07) is 5.82. The number of rotatable bonds is 3. The molecule has 1 aliphatic carbocycles. The minimum atomic E-state index is -0.766. The Kier molecular flexibility index (Phi) is 4.03. The van der Waals surface area contributed by atoms with Crippen LogP contribution < -0.4 is 0 Å². The Balaban J connectivity index is 2.17. The highest BCUT2D eigenvalue weighted by atomic mass is 16.4. The zero-order chi connectivity index (χ0) is 14.0. The summed E-state index contributed by atoms with van der Waals surface area (Å²) >= 11 is 0. The molecule has 1 saturated carbocycles. The number of carboxylic acids is 1. The van der Waals surface area contributed by atoms with Gasteiger partial charge in [-0.25, -0.2) is 0 Å². The molecule has 0 spiro atoms. The number of Topliss-reactive ketones (excluding diaryl/α,β-unsaturated/α-hetero) is 1. The van der Waals surface area contributed by atoms with Gasteiger partial charge in [-0.05, 0) is 38.7 Å². The van der Waals surface area contributed by atoms with E-state index in [1.54, 1.807) is 0 Å². The highest BCUT2D eigenvalue weighted by Gasteiger charge is 2.31. The normalized spacial score (nSPS) is 23.1. The van der Waals surface area contributed by atoms with Crippen LogP contribution in [0.2, 0.25) is 0 Å². The minimum absolute atomic E-state index is 0.114. The largest absolute Gasteiger partial charge is 0.481 e. The van der Waals surface area contributed by atoms with E-state index in [4.69, 9.17) is 5.11 Å². The van der Waals surface area contributed by atoms with Gasteiger partial charge in [-0.15, -0.1) is 0 Å². The third kappa shape index (κ3) is 3.03. The van der Waals surface area contributed by atoms with Crippen molar-refractivity contribution in [3.8, 4) is 0 Å². The first-order valence-electron chi connectivity index (χ1n) is 6.83. The molecule has 1 aliphatic rings. The van der Waals surface area contributed by atoms with Crippen molar-refractivity contribution in [3.63, 3.8) is 0 Å². The van der Waals surface area contributed by atoms with Crippen molar-refractivity contribution in [1.29, 1.82) is 0 Å². The molecule has 1 aromatic rings. The monoisotopic (exact) mass is 260 g/mol. The molecule has 0 heterocycles. The SMILES string of the molecule is Cc1ccc(C(=O)[C@@H]2CCC[C@H](C(=O)O)C2)c(C)c1. The third-order valence-electron chi connectivity index (χ3n) is 4.04. The molecular formula is C16H20O3. The molecule has 0 bridgehead atoms. The molecule has 19 heavy (non-hydrogen) atoms. The van der Waals surface area contributed by atoms with Gasteiger partial charge in [-0.2, -0.15) is 0 Å². The van der Waals surface area contributed by atoms with Gasteiger partial charge >= 0.3 is 5.97 Å². The minimum Gasteiger partial charge on any atom is -0.481 e. The van der Waals surface area contributed by atoms with Gasteiger partial charge in [-0.3, -0.25) is 9.59 Å². The lowest BCUT2D eigenvalue weighted by Crippen LogP contribution is -2.27. The fourth-order valence-electron chi connectivity index (χ4n) is 2.96. The lowest BCUT2D eigenvalue weighted by Gasteiger charge is -2.26. The zero-order valence-corrected chi connectivity index (χ0v) is 11.5. The van der Waals surface area contributed by atoms with Crippen molar-refractivity contribution in [3.05, 3.63) is 34.9 Å². The maximum atomic E-state index is 12.5. The summed E-state index contributed by atoms with van der Waals surface area (Å²) in [5.41, 5.74) is 2.88. The molecule has 0 aliphatic heterocycles. The van der Waals surface area contributed by atoms with Crippen LogP contribution in [0.5, 0.6) is 0 Å². The quantitative estimate of drug-likeness (QED) is 0.848. The second kappa shape index (κ2) is 5.55. The third-order valence-corrected chi connectivity index (χ3v) is 4.04. The predicted octanol–water partition coefficient (Wildman–Crippen LogP) is 3.38. The second-order valence-electron chi connectivity index (χ2n) is 5.58. The Morgan fingerprint density at radius 3 is 2.47 bits per heavy atom. The van der Waals surface area contributed by atoms with Crippen LogP contribution in [0.1, 0.15) is 47.2 Å². The van der Waals surface area contributed by atoms with Gasteiger partial charge in [-0.1, -0.05) is 30.2 Å². The van der Waals surface area contributed by atoms with Crippen LogP contribution >= 0.6 is 0 Å². The van der Waals surface area contributed by atoms with Crippen LogP contribution in [0, 0.1) is 25.7 Å². The van der Waals surface area contributed by atoms with Crippen LogP contribution in [0.25, 0.3) is 0 Å². The number of hydrogen-bond donors (Lipinski definition) is 1. The van der Waals surface area contributed by atoms with Crippen LogP contribution in [0.3, 0.4) is 0 Å². The Bertz CT molecular complexity index is 505. The summed E-state index contributed by atoms with van der Waals surface area (Å²) in [6.07, 6.45) is 2.84. The van der Waals surface area contributed by atoms with Gasteiger partial charge in [0, 0.05) is 11.5 Å². The van der Waals surface area contributed by atoms with E-state index in [9.17, 15) is 9.59 Å². The molecular weight excluding hydrogens is 240 g/mol. The zero-order valence-electron chi connectivity index (χ0n) is 11.5. The Labute approximate surface area is 113 Å². The summed E-state index contributed by atoms with van der Waals surface area (Å²) in [7, 11) is 0. The molecule has 3 nitrogen and oxygen atoms in total. The van der Waals surface area contributed by atoms with Crippen LogP contribution in [0.15, 0.2) is 18.2 Å². The molecule has 3 heteroatoms. The fraction of sp³-hybridized carbons (Fsp3) is 0.500. The molecule has 1 fully saturated rings. The molecule has 0 saturated heterocycles. The molecule has 1 N–H and O–H groups in total. The van der Waals surface area contributed by atoms with Crippen molar-refractivity contribution in [2.45, 2.75) is 39.5 Å². The van der Waals surface area contributed by atoms with Gasteiger partial charge in [0.2, 0.25) is 0 Å². The van der Waals surface area contributed by atoms with E-state index in [1.807, 2.05) is 32.0 Å². The van der Waals surface area contributed by atoms with E-state index in [0.717, 1.165) is 29.5 Å². The van der Waals surface area contributed by atoms with Crippen LogP contribution in [0.4, 0.5) is 0 Å². The summed E-state index contributed by atoms with van der Waals surface area (Å²) < 4.78 is 0. The molecule has 0 unspecified atom stereocenters. The highest BCUT2D eigenvalue weighted by Crippen LogP contribution is 2.32. The van der Waals surface area contributed by atoms with Crippen LogP contribution in [-0.2, 0) is 4.79 Å². The number of carbonyl (C=O) groups is 2. The van der Waals surface area contributed by atoms with E-state index in [-0.39, 0.29) is 17.6 Å². The average molecular weight is 260 g/mol. The van der Waals surface area contributed by atoms with E-state index >= 15 is 0 Å². The van der Waals surface area contributed by atoms with E-state index in [2.05, 4.69) is 0 Å². The molecule has 0 radical (unpaired) electrons. The first-order chi connectivity index (χ1) is 8.99. The van der Waals surface area contributed by atoms with Gasteiger partial charge in [0.15, 0.2) is 5.78 Å². The van der Waals surface area contributed by atoms with Crippen molar-refractivity contribution in [2.75, 3.05) is 0 Å². The number of hydrogen-bond acceptors (Lipinski definition) is 2. The van der Waals surface area contributed by atoms with Crippen molar-refractivity contribution in [2.24, 2.45) is 11.8 Å². The number of carbonyl (C=O) groups excluding carboxylic acids is 1. The molecule has 2 rings (SSSR count). The van der Waals surface area contributed by atoms with Crippen molar-refractivity contribution in [1.82, 2.24) is 0 Å². The van der Waals surface area contributed by atoms with E-state index in [0.29, 0.717) is 12.8 Å². The van der Waals surface area contributed by atoms with Gasteiger partial charge < -0.3 is 5.11 Å². The first kappa shape index (κ1) is 13.8. The average Bonchev–Trinajstić information content (AvgIpc) is 2.38. The maximum Gasteiger partial charge on any atom is 0.306 e. The first-order valence-corrected chi connectivity index (χ1v) is 6.83. The number of aryl methyl sites for hydroxylation is 2. The molecule has 1 aromatic carbocycles. The molecule has 0 aromatic heterocycles. The van der Waals surface area contributed by atoms with Crippen molar-refractivity contribution >= 4 is 11.8 Å². The van der Waals surface area contributed by atoms with Gasteiger partial charge in [0.25, 0.3) is 0 Å². The summed E-state index contributed by atoms with van der Waals surface area (Å²) in [4.78, 5) is 23.6. The highest BCUT2D eigenvalue weighted by molar-refractivity contribution is 5.99. The number of aliphatic carboxylic acids is 1. The summed E-state index contributed by atoms with van der Waals surface area (Å²) in [6.45, 7) is 3.94. The smallest absolute Gasteiger partial charge is 0.306 e. The number of benzene rings is 1. The number of carboxylic acid groups (broad SMARTS) is 1. The van der Waals surface area contributed by atoms with E-state index < -0.39 is 5.97 Å². The molecule has 2 atom stereocenters. The Hall–Kier alpha value is -1.64.